The van der Waals surface area contributed by atoms with E-state index in [0.717, 1.165) is 22.3 Å². The van der Waals surface area contributed by atoms with E-state index in [1.165, 1.54) is 4.90 Å². The first-order valence-corrected chi connectivity index (χ1v) is 13.2. The molecule has 1 atom stereocenters. The Morgan fingerprint density at radius 2 is 1.27 bits per heavy atom. The number of hydrogen-bond acceptors (Lipinski definition) is 7. The minimum Gasteiger partial charge on any atom is -0.480 e. The number of rotatable bonds is 11. The molecule has 1 fully saturated rings. The van der Waals surface area contributed by atoms with Gasteiger partial charge in [0.15, 0.2) is 0 Å². The van der Waals surface area contributed by atoms with Crippen molar-refractivity contribution in [3.05, 3.63) is 59.7 Å². The number of hydrogen-bond donors (Lipinski definition) is 5. The second kappa shape index (κ2) is 13.4. The zero-order valence-corrected chi connectivity index (χ0v) is 22.2. The van der Waals surface area contributed by atoms with Crippen LogP contribution in [-0.2, 0) is 28.7 Å². The minimum absolute atomic E-state index is 0.110. The molecule has 5 amide bonds. The van der Waals surface area contributed by atoms with Crippen molar-refractivity contribution in [1.29, 1.82) is 0 Å². The van der Waals surface area contributed by atoms with Crippen LogP contribution in [0.25, 0.3) is 11.1 Å². The SMILES string of the molecule is O=C(O)CNC(=O)CNC(=O)CNC(=O)CNC(=O)[C@@H]1CCCN1C(=O)OCC1c2ccccc2-c2ccccc21. The number of nitrogens with zero attached hydrogens (tertiary/aromatic N) is 1. The van der Waals surface area contributed by atoms with E-state index in [4.69, 9.17) is 9.84 Å². The van der Waals surface area contributed by atoms with Crippen LogP contribution in [-0.4, -0.2) is 91.1 Å². The summed E-state index contributed by atoms with van der Waals surface area (Å²) in [6, 6.07) is 15.2. The largest absolute Gasteiger partial charge is 0.480 e. The fraction of sp³-hybridized carbons (Fsp3) is 0.357. The molecule has 2 aliphatic rings. The molecule has 0 saturated carbocycles. The Morgan fingerprint density at radius 1 is 0.756 bits per heavy atom. The van der Waals surface area contributed by atoms with Crippen molar-refractivity contribution >= 4 is 35.7 Å². The number of likely N-dealkylation sites (tertiary alicyclic amines) is 1. The smallest absolute Gasteiger partial charge is 0.410 e. The van der Waals surface area contributed by atoms with Gasteiger partial charge in [-0.3, -0.25) is 28.9 Å². The Hall–Kier alpha value is -4.94. The molecule has 13 heteroatoms. The van der Waals surface area contributed by atoms with Crippen LogP contribution >= 0.6 is 0 Å². The number of carbonyl (C=O) groups is 6. The molecule has 1 aliphatic carbocycles. The monoisotopic (exact) mass is 565 g/mol. The highest BCUT2D eigenvalue weighted by atomic mass is 16.6. The molecule has 1 heterocycles. The fourth-order valence-electron chi connectivity index (χ4n) is 4.94. The Morgan fingerprint density at radius 3 is 1.83 bits per heavy atom. The molecule has 5 N–H and O–H groups in total. The van der Waals surface area contributed by atoms with Crippen LogP contribution in [0, 0.1) is 0 Å². The van der Waals surface area contributed by atoms with Gasteiger partial charge in [-0.1, -0.05) is 48.5 Å². The van der Waals surface area contributed by atoms with Gasteiger partial charge < -0.3 is 31.1 Å². The van der Waals surface area contributed by atoms with Gasteiger partial charge in [0.05, 0.1) is 19.6 Å². The summed E-state index contributed by atoms with van der Waals surface area (Å²) in [6.07, 6.45) is 0.427. The lowest BCUT2D eigenvalue weighted by molar-refractivity contribution is -0.137. The van der Waals surface area contributed by atoms with E-state index in [1.54, 1.807) is 0 Å². The number of carboxylic acid groups (broad SMARTS) is 1. The number of aliphatic carboxylic acids is 1. The molecule has 0 spiro atoms. The van der Waals surface area contributed by atoms with Crippen molar-refractivity contribution in [3.63, 3.8) is 0 Å². The Labute approximate surface area is 235 Å². The average molecular weight is 566 g/mol. The van der Waals surface area contributed by atoms with Crippen LogP contribution in [0.4, 0.5) is 4.79 Å². The molecular weight excluding hydrogens is 534 g/mol. The second-order valence-corrected chi connectivity index (χ2v) is 9.60. The van der Waals surface area contributed by atoms with Crippen molar-refractivity contribution in [3.8, 4) is 11.1 Å². The lowest BCUT2D eigenvalue weighted by Crippen LogP contribution is -2.49. The summed E-state index contributed by atoms with van der Waals surface area (Å²) in [5, 5.41) is 17.6. The quantitative estimate of drug-likeness (QED) is 0.251. The summed E-state index contributed by atoms with van der Waals surface area (Å²) < 4.78 is 5.69. The number of nitrogens with one attached hydrogen (secondary N) is 4. The lowest BCUT2D eigenvalue weighted by Gasteiger charge is -2.24. The number of carbonyl (C=O) groups excluding carboxylic acids is 5. The molecular formula is C28H31N5O8. The zero-order valence-electron chi connectivity index (χ0n) is 22.2. The van der Waals surface area contributed by atoms with Crippen molar-refractivity contribution < 1.29 is 38.6 Å². The highest BCUT2D eigenvalue weighted by Gasteiger charge is 2.36. The van der Waals surface area contributed by atoms with E-state index in [9.17, 15) is 28.8 Å². The van der Waals surface area contributed by atoms with Gasteiger partial charge in [0.2, 0.25) is 23.6 Å². The fourth-order valence-corrected chi connectivity index (χ4v) is 4.94. The standard InChI is InChI=1S/C28H31N5O8/c34-23(29-13-24(35)31-15-26(37)38)12-30-25(36)14-32-27(39)22-10-5-11-33(22)28(40)41-16-21-19-8-3-1-6-17(19)18-7-2-4-9-20(18)21/h1-4,6-9,21-22H,5,10-16H2,(H,29,34)(H,30,36)(H,31,35)(H,32,39)(H,37,38)/t22-/m0/s1. The summed E-state index contributed by atoms with van der Waals surface area (Å²) in [5.41, 5.74) is 4.39. The predicted octanol–water partition coefficient (Wildman–Crippen LogP) is -0.0507. The van der Waals surface area contributed by atoms with E-state index >= 15 is 0 Å². The van der Waals surface area contributed by atoms with Crippen molar-refractivity contribution in [2.24, 2.45) is 0 Å². The summed E-state index contributed by atoms with van der Waals surface area (Å²) in [6.45, 7) is -1.42. The summed E-state index contributed by atoms with van der Waals surface area (Å²) in [7, 11) is 0. The van der Waals surface area contributed by atoms with E-state index in [2.05, 4.69) is 21.3 Å². The number of benzene rings is 2. The second-order valence-electron chi connectivity index (χ2n) is 9.60. The van der Waals surface area contributed by atoms with Gasteiger partial charge in [0, 0.05) is 12.5 Å². The first-order chi connectivity index (χ1) is 19.7. The van der Waals surface area contributed by atoms with Gasteiger partial charge in [-0.2, -0.15) is 0 Å². The number of ether oxygens (including phenoxy) is 1. The molecule has 2 aromatic carbocycles. The molecule has 1 saturated heterocycles. The summed E-state index contributed by atoms with van der Waals surface area (Å²) in [4.78, 5) is 72.8. The predicted molar refractivity (Wildman–Crippen MR) is 144 cm³/mol. The number of amides is 5. The third-order valence-corrected chi connectivity index (χ3v) is 6.88. The molecule has 2 aromatic rings. The van der Waals surface area contributed by atoms with Crippen LogP contribution in [0.3, 0.4) is 0 Å². The van der Waals surface area contributed by atoms with Gasteiger partial charge in [-0.15, -0.1) is 0 Å². The van der Waals surface area contributed by atoms with Gasteiger partial charge in [0.1, 0.15) is 19.2 Å². The Kier molecular flexibility index (Phi) is 9.51. The number of carboxylic acids is 1. The van der Waals surface area contributed by atoms with Gasteiger partial charge in [-0.05, 0) is 35.1 Å². The Balaban J connectivity index is 1.20. The summed E-state index contributed by atoms with van der Waals surface area (Å²) >= 11 is 0. The molecule has 13 nitrogen and oxygen atoms in total. The lowest BCUT2D eigenvalue weighted by atomic mass is 9.98. The molecule has 0 aromatic heterocycles. The van der Waals surface area contributed by atoms with E-state index in [1.807, 2.05) is 48.5 Å². The van der Waals surface area contributed by atoms with Gasteiger partial charge >= 0.3 is 12.1 Å². The highest BCUT2D eigenvalue weighted by molar-refractivity contribution is 5.92. The van der Waals surface area contributed by atoms with Crippen LogP contribution in [0.5, 0.6) is 0 Å². The topological polar surface area (TPSA) is 183 Å². The zero-order chi connectivity index (χ0) is 29.4. The normalized spacial score (nSPS) is 15.3. The maximum absolute atomic E-state index is 13.0. The molecule has 216 valence electrons. The van der Waals surface area contributed by atoms with Crippen molar-refractivity contribution in [2.45, 2.75) is 24.8 Å². The van der Waals surface area contributed by atoms with Crippen LogP contribution < -0.4 is 21.3 Å². The summed E-state index contributed by atoms with van der Waals surface area (Å²) in [5.74, 6) is -3.86. The van der Waals surface area contributed by atoms with E-state index in [0.29, 0.717) is 19.4 Å². The molecule has 0 radical (unpaired) electrons. The third-order valence-electron chi connectivity index (χ3n) is 6.88. The molecule has 0 bridgehead atoms. The molecule has 1 aliphatic heterocycles. The Bertz CT molecular complexity index is 1300. The number of fused-ring (bicyclic) bond motifs is 3. The first kappa shape index (κ1) is 29.1. The van der Waals surface area contributed by atoms with Crippen LogP contribution in [0.15, 0.2) is 48.5 Å². The maximum Gasteiger partial charge on any atom is 0.410 e. The van der Waals surface area contributed by atoms with Crippen LogP contribution in [0.2, 0.25) is 0 Å². The minimum atomic E-state index is -1.22. The van der Waals surface area contributed by atoms with E-state index in [-0.39, 0.29) is 12.5 Å². The molecule has 0 unspecified atom stereocenters. The maximum atomic E-state index is 13.0. The van der Waals surface area contributed by atoms with Gasteiger partial charge in [-0.25, -0.2) is 4.79 Å². The van der Waals surface area contributed by atoms with Crippen molar-refractivity contribution in [2.75, 3.05) is 39.3 Å². The van der Waals surface area contributed by atoms with Crippen LogP contribution in [0.1, 0.15) is 29.9 Å². The van der Waals surface area contributed by atoms with E-state index < -0.39 is 67.9 Å². The third kappa shape index (κ3) is 7.38. The van der Waals surface area contributed by atoms with Crippen molar-refractivity contribution in [1.82, 2.24) is 26.2 Å². The molecule has 41 heavy (non-hydrogen) atoms. The molecule has 4 rings (SSSR count). The highest BCUT2D eigenvalue weighted by Crippen LogP contribution is 2.44. The first-order valence-electron chi connectivity index (χ1n) is 13.2. The average Bonchev–Trinajstić information content (AvgIpc) is 3.59. The van der Waals surface area contributed by atoms with Gasteiger partial charge in [0.25, 0.3) is 0 Å².